The van der Waals surface area contributed by atoms with Crippen molar-refractivity contribution < 1.29 is 33.1 Å². The molecule has 0 spiro atoms. The van der Waals surface area contributed by atoms with Gasteiger partial charge in [-0.15, -0.1) is 9.24 Å². The van der Waals surface area contributed by atoms with Gasteiger partial charge in [-0.3, -0.25) is 4.52 Å². The van der Waals surface area contributed by atoms with E-state index in [1.807, 2.05) is 0 Å². The monoisotopic (exact) mass is 388 g/mol. The zero-order valence-electron chi connectivity index (χ0n) is 12.8. The quantitative estimate of drug-likeness (QED) is 0.250. The van der Waals surface area contributed by atoms with Crippen molar-refractivity contribution >= 4 is 35.3 Å². The topological polar surface area (TPSA) is 135 Å². The molecule has 1 saturated heterocycles. The van der Waals surface area contributed by atoms with Crippen molar-refractivity contribution in [3.05, 3.63) is 0 Å². The molecule has 5 N–H and O–H groups in total. The second kappa shape index (κ2) is 10.7. The van der Waals surface area contributed by atoms with Crippen LogP contribution in [0.25, 0.3) is 0 Å². The van der Waals surface area contributed by atoms with E-state index in [1.165, 1.54) is 0 Å². The molecule has 0 bridgehead atoms. The highest BCUT2D eigenvalue weighted by atomic mass is 32.7. The van der Waals surface area contributed by atoms with Crippen LogP contribution in [0.3, 0.4) is 0 Å². The molecule has 1 fully saturated rings. The van der Waals surface area contributed by atoms with Gasteiger partial charge in [-0.2, -0.15) is 0 Å². The summed E-state index contributed by atoms with van der Waals surface area (Å²) >= 11 is 0.723. The number of rotatable bonds is 11. The minimum absolute atomic E-state index is 0.0140. The first-order valence-electron chi connectivity index (χ1n) is 6.83. The molecule has 7 atom stereocenters. The van der Waals surface area contributed by atoms with Crippen LogP contribution < -0.4 is 11.8 Å². The first kappa shape index (κ1) is 21.8. The number of methoxy groups -OCH3 is 1. The molecule has 6 unspecified atom stereocenters. The van der Waals surface area contributed by atoms with Crippen LogP contribution in [0, 0.1) is 0 Å². The Balaban J connectivity index is 2.49. The second-order valence-electron chi connectivity index (χ2n) is 4.96. The number of hydrogen-bond acceptors (Lipinski definition) is 9. The standard InChI is InChI=1S/C10H23BN2O7P2S/c1-16-10(21)2-6(19-13)5-23-22(14,15)20-7-3-9(11)18-8(7)4-17-12/h6-10H,2-5,12-13,21H2,1H3,(H,14,15)/t6-,7?,8?,9?,10?/m1/s1. The molecule has 1 aliphatic rings. The van der Waals surface area contributed by atoms with Gasteiger partial charge in [-0.25, -0.2) is 16.4 Å². The van der Waals surface area contributed by atoms with Gasteiger partial charge < -0.3 is 24.0 Å². The third-order valence-corrected chi connectivity index (χ3v) is 6.78. The summed E-state index contributed by atoms with van der Waals surface area (Å²) in [6.07, 6.45) is -1.01. The Morgan fingerprint density at radius 2 is 2.26 bits per heavy atom. The van der Waals surface area contributed by atoms with Gasteiger partial charge in [0.05, 0.1) is 24.7 Å². The average Bonchev–Trinajstić information content (AvgIpc) is 2.82. The minimum Gasteiger partial charge on any atom is -0.379 e. The zero-order valence-corrected chi connectivity index (χ0v) is 15.6. The molecule has 0 amide bonds. The molecule has 1 aliphatic heterocycles. The van der Waals surface area contributed by atoms with Crippen LogP contribution in [0.4, 0.5) is 0 Å². The lowest BCUT2D eigenvalue weighted by atomic mass is 9.96. The lowest BCUT2D eigenvalue weighted by molar-refractivity contribution is -0.0259. The fourth-order valence-electron chi connectivity index (χ4n) is 2.00. The summed E-state index contributed by atoms with van der Waals surface area (Å²) in [4.78, 5) is 19.3. The van der Waals surface area contributed by atoms with E-state index in [2.05, 4.69) is 14.1 Å². The van der Waals surface area contributed by atoms with Gasteiger partial charge in [0.1, 0.15) is 14.0 Å². The lowest BCUT2D eigenvalue weighted by Crippen LogP contribution is -2.30. The van der Waals surface area contributed by atoms with E-state index in [1.54, 1.807) is 7.11 Å². The molecular weight excluding hydrogens is 365 g/mol. The summed E-state index contributed by atoms with van der Waals surface area (Å²) < 4.78 is 27.8. The predicted octanol–water partition coefficient (Wildman–Crippen LogP) is -0.124. The van der Waals surface area contributed by atoms with Gasteiger partial charge in [0.25, 0.3) is 0 Å². The Hall–Kier alpha value is 0.755. The summed E-state index contributed by atoms with van der Waals surface area (Å²) in [5.74, 6) is 10.2. The highest BCUT2D eigenvalue weighted by Gasteiger charge is 2.39. The van der Waals surface area contributed by atoms with E-state index in [9.17, 15) is 9.46 Å². The van der Waals surface area contributed by atoms with E-state index in [0.717, 1.165) is 11.4 Å². The normalized spacial score (nSPS) is 30.0. The number of hydrogen-bond donors (Lipinski definition) is 3. The Morgan fingerprint density at radius 1 is 1.57 bits per heavy atom. The molecule has 0 saturated carbocycles. The van der Waals surface area contributed by atoms with Crippen LogP contribution >= 0.6 is 27.4 Å². The third-order valence-electron chi connectivity index (χ3n) is 3.17. The van der Waals surface area contributed by atoms with Crippen LogP contribution in [0.15, 0.2) is 0 Å². The third kappa shape index (κ3) is 8.11. The van der Waals surface area contributed by atoms with Crippen LogP contribution in [-0.4, -0.2) is 62.4 Å². The van der Waals surface area contributed by atoms with Crippen molar-refractivity contribution in [2.75, 3.05) is 19.5 Å². The maximum Gasteiger partial charge on any atom is 0.387 e. The number of nitrogens with two attached hydrogens (primary N) is 2. The van der Waals surface area contributed by atoms with Crippen molar-refractivity contribution in [2.45, 2.75) is 43.0 Å². The van der Waals surface area contributed by atoms with E-state index in [-0.39, 0.29) is 24.6 Å². The van der Waals surface area contributed by atoms with Crippen molar-refractivity contribution in [3.8, 4) is 0 Å². The summed E-state index contributed by atoms with van der Waals surface area (Å²) in [6.45, 7) is -3.93. The highest BCUT2D eigenvalue weighted by Crippen LogP contribution is 2.58. The van der Waals surface area contributed by atoms with Gasteiger partial charge in [0.2, 0.25) is 0 Å². The average molecular weight is 388 g/mol. The first-order chi connectivity index (χ1) is 10.8. The Labute approximate surface area is 143 Å². The summed E-state index contributed by atoms with van der Waals surface area (Å²) in [5, 5.41) is 0. The molecular formula is C10H23BN2O7P2S. The van der Waals surface area contributed by atoms with E-state index >= 15 is 0 Å². The predicted molar refractivity (Wildman–Crippen MR) is 90.5 cm³/mol. The molecule has 1 rings (SSSR count). The van der Waals surface area contributed by atoms with Crippen molar-refractivity contribution in [2.24, 2.45) is 11.8 Å². The largest absolute Gasteiger partial charge is 0.387 e. The van der Waals surface area contributed by atoms with Crippen LogP contribution in [-0.2, 0) is 28.2 Å². The van der Waals surface area contributed by atoms with Crippen LogP contribution in [0.5, 0.6) is 0 Å². The smallest absolute Gasteiger partial charge is 0.379 e. The zero-order chi connectivity index (χ0) is 17.5. The fourth-order valence-corrected chi connectivity index (χ4v) is 5.07. The first-order valence-corrected chi connectivity index (χ1v) is 10.7. The van der Waals surface area contributed by atoms with Gasteiger partial charge in [0.15, 0.2) is 0 Å². The molecule has 1 heterocycles. The maximum atomic E-state index is 12.2. The Morgan fingerprint density at radius 3 is 2.83 bits per heavy atom. The van der Waals surface area contributed by atoms with Crippen LogP contribution in [0.1, 0.15) is 12.8 Å². The molecule has 0 aliphatic carbocycles. The van der Waals surface area contributed by atoms with E-state index in [4.69, 9.17) is 38.5 Å². The fraction of sp³-hybridized carbons (Fsp3) is 1.00. The molecule has 9 nitrogen and oxygen atoms in total. The molecule has 0 aromatic heterocycles. The summed E-state index contributed by atoms with van der Waals surface area (Å²) in [6, 6.07) is -0.593. The summed E-state index contributed by atoms with van der Waals surface area (Å²) in [5.41, 5.74) is 0. The van der Waals surface area contributed by atoms with Crippen LogP contribution in [0.2, 0.25) is 0 Å². The number of ether oxygens (including phenoxy) is 2. The van der Waals surface area contributed by atoms with Crippen molar-refractivity contribution in [1.29, 1.82) is 0 Å². The van der Waals surface area contributed by atoms with E-state index in [0.29, 0.717) is 6.42 Å². The lowest BCUT2D eigenvalue weighted by Gasteiger charge is -2.22. The summed E-state index contributed by atoms with van der Waals surface area (Å²) in [7, 11) is 9.67. The van der Waals surface area contributed by atoms with Crippen molar-refractivity contribution in [3.63, 3.8) is 0 Å². The Kier molecular flexibility index (Phi) is 10.1. The molecule has 0 aromatic carbocycles. The van der Waals surface area contributed by atoms with Gasteiger partial charge in [-0.05, 0) is 17.8 Å². The molecule has 13 heteroatoms. The van der Waals surface area contributed by atoms with Gasteiger partial charge in [-0.1, -0.05) is 0 Å². The Bertz CT molecular complexity index is 400. The minimum atomic E-state index is -3.95. The second-order valence-corrected chi connectivity index (χ2v) is 9.60. The SMILES string of the molecule is [B]C1CC(OP(=O)(O)SC[C@@H](CC(P)OC)ON)C(CON)O1. The molecule has 0 aromatic rings. The molecule has 2 radical (unpaired) electrons. The van der Waals surface area contributed by atoms with E-state index < -0.39 is 31.1 Å². The highest BCUT2D eigenvalue weighted by molar-refractivity contribution is 8.54. The molecule has 23 heavy (non-hydrogen) atoms. The van der Waals surface area contributed by atoms with Gasteiger partial charge in [0, 0.05) is 25.3 Å². The van der Waals surface area contributed by atoms with Gasteiger partial charge >= 0.3 is 6.80 Å². The maximum absolute atomic E-state index is 12.2. The molecule has 134 valence electrons. The van der Waals surface area contributed by atoms with Crippen molar-refractivity contribution in [1.82, 2.24) is 0 Å².